The molecule has 0 aliphatic carbocycles. The predicted molar refractivity (Wildman–Crippen MR) is 67.6 cm³/mol. The highest BCUT2D eigenvalue weighted by Crippen LogP contribution is 2.24. The first-order chi connectivity index (χ1) is 7.99. The first kappa shape index (κ1) is 12.1. The lowest BCUT2D eigenvalue weighted by Gasteiger charge is -2.28. The summed E-state index contributed by atoms with van der Waals surface area (Å²) in [6.07, 6.45) is 0. The summed E-state index contributed by atoms with van der Waals surface area (Å²) in [4.78, 5) is 8.86. The average Bonchev–Trinajstić information content (AvgIpc) is 2.22. The molecule has 17 heavy (non-hydrogen) atoms. The van der Waals surface area contributed by atoms with E-state index in [1.807, 2.05) is 6.07 Å². The van der Waals surface area contributed by atoms with Gasteiger partial charge in [0.1, 0.15) is 0 Å². The van der Waals surface area contributed by atoms with Crippen molar-refractivity contribution in [2.45, 2.75) is 32.2 Å². The molecule has 2 rings (SSSR count). The number of methoxy groups -OCH3 is 1. The molecule has 1 fully saturated rings. The Balaban J connectivity index is 2.24. The Morgan fingerprint density at radius 1 is 1.35 bits per heavy atom. The molecule has 0 unspecified atom stereocenters. The summed E-state index contributed by atoms with van der Waals surface area (Å²) in [5, 5.41) is 6.51. The van der Waals surface area contributed by atoms with Gasteiger partial charge in [0.25, 0.3) is 0 Å². The van der Waals surface area contributed by atoms with Gasteiger partial charge in [0.05, 0.1) is 18.8 Å². The van der Waals surface area contributed by atoms with Crippen molar-refractivity contribution >= 4 is 5.95 Å². The van der Waals surface area contributed by atoms with Crippen molar-refractivity contribution in [2.75, 3.05) is 25.5 Å². The molecule has 1 aromatic heterocycles. The maximum atomic E-state index is 5.22. The zero-order valence-corrected chi connectivity index (χ0v) is 10.9. The van der Waals surface area contributed by atoms with Gasteiger partial charge in [-0.15, -0.1) is 0 Å². The van der Waals surface area contributed by atoms with Gasteiger partial charge in [-0.05, 0) is 0 Å². The lowest BCUT2D eigenvalue weighted by molar-refractivity contribution is 0.393. The fourth-order valence-corrected chi connectivity index (χ4v) is 1.55. The van der Waals surface area contributed by atoms with Crippen LogP contribution in [0.1, 0.15) is 26.5 Å². The molecule has 0 amide bonds. The van der Waals surface area contributed by atoms with Gasteiger partial charge in [-0.25, -0.2) is 4.98 Å². The fraction of sp³-hybridized carbons (Fsp3) is 0.667. The van der Waals surface area contributed by atoms with Crippen molar-refractivity contribution < 1.29 is 4.74 Å². The lowest BCUT2D eigenvalue weighted by Crippen LogP contribution is -2.51. The molecule has 2 N–H and O–H groups in total. The molecule has 0 radical (unpaired) electrons. The topological polar surface area (TPSA) is 59.1 Å². The molecule has 1 aliphatic heterocycles. The molecule has 0 atom stereocenters. The molecular formula is C12H20N4O. The number of ether oxygens (including phenoxy) is 1. The van der Waals surface area contributed by atoms with E-state index in [1.54, 1.807) is 7.11 Å². The monoisotopic (exact) mass is 236 g/mol. The number of hydrogen-bond acceptors (Lipinski definition) is 5. The summed E-state index contributed by atoms with van der Waals surface area (Å²) in [6.45, 7) is 8.31. The van der Waals surface area contributed by atoms with Gasteiger partial charge in [0.15, 0.2) is 0 Å². The molecule has 1 aliphatic rings. The van der Waals surface area contributed by atoms with Crippen LogP contribution in [0.4, 0.5) is 5.95 Å². The highest BCUT2D eigenvalue weighted by Gasteiger charge is 2.21. The van der Waals surface area contributed by atoms with Crippen molar-refractivity contribution in [3.8, 4) is 5.88 Å². The third-order valence-corrected chi connectivity index (χ3v) is 2.79. The van der Waals surface area contributed by atoms with Gasteiger partial charge < -0.3 is 15.4 Å². The maximum absolute atomic E-state index is 5.22. The Kier molecular flexibility index (Phi) is 3.19. The number of aromatic nitrogens is 2. The Morgan fingerprint density at radius 2 is 2.06 bits per heavy atom. The number of nitrogens with one attached hydrogen (secondary N) is 2. The number of rotatable bonds is 3. The van der Waals surface area contributed by atoms with Crippen LogP contribution in [0.3, 0.4) is 0 Å². The highest BCUT2D eigenvalue weighted by molar-refractivity contribution is 5.35. The van der Waals surface area contributed by atoms with Crippen LogP contribution in [0.15, 0.2) is 6.07 Å². The van der Waals surface area contributed by atoms with Crippen molar-refractivity contribution in [1.82, 2.24) is 15.3 Å². The second-order valence-corrected chi connectivity index (χ2v) is 5.37. The Hall–Kier alpha value is -1.36. The summed E-state index contributed by atoms with van der Waals surface area (Å²) < 4.78 is 5.22. The van der Waals surface area contributed by atoms with E-state index in [4.69, 9.17) is 4.74 Å². The van der Waals surface area contributed by atoms with Crippen LogP contribution in [0.2, 0.25) is 0 Å². The minimum absolute atomic E-state index is 0.00941. The average molecular weight is 236 g/mol. The van der Waals surface area contributed by atoms with Crippen LogP contribution in [-0.4, -0.2) is 36.2 Å². The van der Waals surface area contributed by atoms with E-state index >= 15 is 0 Å². The molecule has 5 nitrogen and oxygen atoms in total. The molecule has 1 aromatic rings. The van der Waals surface area contributed by atoms with Crippen LogP contribution < -0.4 is 15.4 Å². The minimum Gasteiger partial charge on any atom is -0.481 e. The molecule has 0 spiro atoms. The van der Waals surface area contributed by atoms with Crippen molar-refractivity contribution in [2.24, 2.45) is 0 Å². The van der Waals surface area contributed by atoms with E-state index in [-0.39, 0.29) is 5.41 Å². The van der Waals surface area contributed by atoms with E-state index in [9.17, 15) is 0 Å². The molecular weight excluding hydrogens is 216 g/mol. The highest BCUT2D eigenvalue weighted by atomic mass is 16.5. The van der Waals surface area contributed by atoms with Gasteiger partial charge in [-0.1, -0.05) is 20.8 Å². The van der Waals surface area contributed by atoms with Gasteiger partial charge in [0, 0.05) is 24.6 Å². The Bertz CT molecular complexity index is 396. The SMILES string of the molecule is COc1cc(C(C)(C)C)nc(NC2CNC2)n1. The number of hydrogen-bond donors (Lipinski definition) is 2. The van der Waals surface area contributed by atoms with Crippen LogP contribution >= 0.6 is 0 Å². The second kappa shape index (κ2) is 4.49. The van der Waals surface area contributed by atoms with Crippen LogP contribution in [0.5, 0.6) is 5.88 Å². The number of anilines is 1. The van der Waals surface area contributed by atoms with Crippen molar-refractivity contribution in [3.05, 3.63) is 11.8 Å². The quantitative estimate of drug-likeness (QED) is 0.825. The molecule has 0 saturated carbocycles. The summed E-state index contributed by atoms with van der Waals surface area (Å²) in [5.41, 5.74) is 0.976. The largest absolute Gasteiger partial charge is 0.481 e. The molecule has 94 valence electrons. The van der Waals surface area contributed by atoms with E-state index in [0.717, 1.165) is 18.8 Å². The fourth-order valence-electron chi connectivity index (χ4n) is 1.55. The molecule has 5 heteroatoms. The number of nitrogens with zero attached hydrogens (tertiary/aromatic N) is 2. The molecule has 1 saturated heterocycles. The van der Waals surface area contributed by atoms with Gasteiger partial charge in [0.2, 0.25) is 11.8 Å². The normalized spacial score (nSPS) is 16.5. The summed E-state index contributed by atoms with van der Waals surface area (Å²) in [6, 6.07) is 2.32. The smallest absolute Gasteiger partial charge is 0.226 e. The lowest BCUT2D eigenvalue weighted by atomic mass is 9.92. The Labute approximate surface area is 102 Å². The van der Waals surface area contributed by atoms with Gasteiger partial charge >= 0.3 is 0 Å². The van der Waals surface area contributed by atoms with Crippen molar-refractivity contribution in [1.29, 1.82) is 0 Å². The van der Waals surface area contributed by atoms with E-state index < -0.39 is 0 Å². The summed E-state index contributed by atoms with van der Waals surface area (Å²) in [7, 11) is 1.63. The van der Waals surface area contributed by atoms with Crippen LogP contribution in [0, 0.1) is 0 Å². The van der Waals surface area contributed by atoms with E-state index in [1.165, 1.54) is 0 Å². The van der Waals surface area contributed by atoms with Crippen LogP contribution in [0.25, 0.3) is 0 Å². The first-order valence-corrected chi connectivity index (χ1v) is 5.90. The van der Waals surface area contributed by atoms with Gasteiger partial charge in [-0.2, -0.15) is 4.98 Å². The first-order valence-electron chi connectivity index (χ1n) is 5.90. The summed E-state index contributed by atoms with van der Waals surface area (Å²) in [5.74, 6) is 1.26. The van der Waals surface area contributed by atoms with Gasteiger partial charge in [-0.3, -0.25) is 0 Å². The minimum atomic E-state index is -0.00941. The second-order valence-electron chi connectivity index (χ2n) is 5.37. The zero-order valence-electron chi connectivity index (χ0n) is 10.9. The van der Waals surface area contributed by atoms with Crippen molar-refractivity contribution in [3.63, 3.8) is 0 Å². The third kappa shape index (κ3) is 2.85. The molecule has 2 heterocycles. The molecule has 0 bridgehead atoms. The summed E-state index contributed by atoms with van der Waals surface area (Å²) >= 11 is 0. The molecule has 0 aromatic carbocycles. The van der Waals surface area contributed by atoms with E-state index in [0.29, 0.717) is 17.9 Å². The Morgan fingerprint density at radius 3 is 2.53 bits per heavy atom. The van der Waals surface area contributed by atoms with Crippen LogP contribution in [-0.2, 0) is 5.41 Å². The van der Waals surface area contributed by atoms with E-state index in [2.05, 4.69) is 41.4 Å². The predicted octanol–water partition coefficient (Wildman–Crippen LogP) is 1.17. The maximum Gasteiger partial charge on any atom is 0.226 e. The standard InChI is InChI=1S/C12H20N4O/c1-12(2,3)9-5-10(17-4)16-11(15-9)14-8-6-13-7-8/h5,8,13H,6-7H2,1-4H3,(H,14,15,16). The zero-order chi connectivity index (χ0) is 12.5. The third-order valence-electron chi connectivity index (χ3n) is 2.79.